The third-order valence-corrected chi connectivity index (χ3v) is 8.18. The van der Waals surface area contributed by atoms with E-state index in [1.165, 1.54) is 23.1 Å². The minimum atomic E-state index is -5.13. The minimum Gasteiger partial charge on any atom is -0.370 e. The van der Waals surface area contributed by atoms with E-state index in [4.69, 9.17) is 11.6 Å². The van der Waals surface area contributed by atoms with Gasteiger partial charge in [0.1, 0.15) is 5.69 Å². The number of hydrogen-bond donors (Lipinski definition) is 1. The number of carbonyl (C=O) groups excluding carboxylic acids is 2. The van der Waals surface area contributed by atoms with Gasteiger partial charge in [-0.05, 0) is 50.0 Å². The van der Waals surface area contributed by atoms with E-state index in [2.05, 4.69) is 9.88 Å². The van der Waals surface area contributed by atoms with E-state index in [1.54, 1.807) is 26.4 Å². The highest BCUT2D eigenvalue weighted by atomic mass is 35.5. The van der Waals surface area contributed by atoms with Crippen LogP contribution in [0.15, 0.2) is 42.6 Å². The fourth-order valence-corrected chi connectivity index (χ4v) is 5.80. The van der Waals surface area contributed by atoms with Crippen LogP contribution in [0.5, 0.6) is 0 Å². The lowest BCUT2D eigenvalue weighted by molar-refractivity contribution is -0.262. The summed E-state index contributed by atoms with van der Waals surface area (Å²) in [6, 6.07) is 8.33. The molecule has 1 aromatic carbocycles. The minimum absolute atomic E-state index is 0.190. The van der Waals surface area contributed by atoms with Gasteiger partial charge in [0, 0.05) is 45.8 Å². The van der Waals surface area contributed by atoms with Crippen LogP contribution in [0.2, 0.25) is 5.02 Å². The van der Waals surface area contributed by atoms with E-state index in [9.17, 15) is 27.9 Å². The molecule has 1 unspecified atom stereocenters. The van der Waals surface area contributed by atoms with E-state index in [1.807, 2.05) is 0 Å². The number of amides is 2. The van der Waals surface area contributed by atoms with Crippen LogP contribution in [0.4, 0.5) is 18.9 Å². The van der Waals surface area contributed by atoms with Gasteiger partial charge in [-0.2, -0.15) is 13.2 Å². The van der Waals surface area contributed by atoms with Crippen LogP contribution in [0, 0.1) is 11.8 Å². The zero-order valence-corrected chi connectivity index (χ0v) is 22.9. The highest BCUT2D eigenvalue weighted by molar-refractivity contribution is 6.33. The first-order chi connectivity index (χ1) is 18.4. The van der Waals surface area contributed by atoms with Crippen LogP contribution in [0.3, 0.4) is 0 Å². The highest BCUT2D eigenvalue weighted by Gasteiger charge is 2.62. The number of carbonyl (C=O) groups is 2. The molecular weight excluding hydrogens is 533 g/mol. The summed E-state index contributed by atoms with van der Waals surface area (Å²) in [6.07, 6.45) is 0.623. The number of likely N-dealkylation sites (tertiary alicyclic amines) is 1. The number of benzene rings is 1. The predicted octanol–water partition coefficient (Wildman–Crippen LogP) is 4.73. The van der Waals surface area contributed by atoms with Gasteiger partial charge in [-0.15, -0.1) is 0 Å². The standard InChI is InChI=1S/C28H34ClF3N4O3/c1-34(2)25(37)24-23(29)17-22(18-33-24)35-12-8-19(9-13-35)16-20-10-14-36(15-11-20)26(38)27(39,28(30,31)32)21-6-4-3-5-7-21/h3-7,17-20,39H,8-16H2,1-2H3. The Balaban J connectivity index is 1.29. The molecule has 1 aromatic heterocycles. The van der Waals surface area contributed by atoms with Gasteiger partial charge < -0.3 is 19.8 Å². The molecule has 7 nitrogen and oxygen atoms in total. The Kier molecular flexibility index (Phi) is 8.75. The average Bonchev–Trinajstić information content (AvgIpc) is 2.92. The van der Waals surface area contributed by atoms with Crippen molar-refractivity contribution >= 4 is 29.1 Å². The zero-order valence-electron chi connectivity index (χ0n) is 22.1. The maximum absolute atomic E-state index is 13.9. The normalized spacial score (nSPS) is 19.1. The zero-order chi connectivity index (χ0) is 28.4. The van der Waals surface area contributed by atoms with Crippen molar-refractivity contribution in [2.45, 2.75) is 43.9 Å². The first-order valence-electron chi connectivity index (χ1n) is 13.2. The molecule has 2 fully saturated rings. The van der Waals surface area contributed by atoms with Crippen molar-refractivity contribution in [2.24, 2.45) is 11.8 Å². The molecule has 0 radical (unpaired) electrons. The lowest BCUT2D eigenvalue weighted by Gasteiger charge is -2.40. The smallest absolute Gasteiger partial charge is 0.370 e. The molecule has 0 saturated carbocycles. The second-order valence-electron chi connectivity index (χ2n) is 10.7. The maximum Gasteiger partial charge on any atom is 0.430 e. The number of halogens is 4. The molecule has 1 N–H and O–H groups in total. The van der Waals surface area contributed by atoms with Gasteiger partial charge in [0.15, 0.2) is 0 Å². The third-order valence-electron chi connectivity index (χ3n) is 7.89. The second-order valence-corrected chi connectivity index (χ2v) is 11.1. The molecule has 0 spiro atoms. The van der Waals surface area contributed by atoms with Gasteiger partial charge in [0.25, 0.3) is 17.4 Å². The Bertz CT molecular complexity index is 1160. The number of rotatable bonds is 6. The predicted molar refractivity (Wildman–Crippen MR) is 143 cm³/mol. The number of alkyl halides is 3. The molecule has 39 heavy (non-hydrogen) atoms. The number of piperidine rings is 2. The SMILES string of the molecule is CN(C)C(=O)c1ncc(N2CCC(CC3CCN(C(=O)C(O)(c4ccccc4)C(F)(F)F)CC3)CC2)cc1Cl. The quantitative estimate of drug-likeness (QED) is 0.547. The summed E-state index contributed by atoms with van der Waals surface area (Å²) in [6.45, 7) is 2.01. The molecule has 2 saturated heterocycles. The van der Waals surface area contributed by atoms with Crippen molar-refractivity contribution in [1.82, 2.24) is 14.8 Å². The van der Waals surface area contributed by atoms with Crippen LogP contribution >= 0.6 is 11.6 Å². The van der Waals surface area contributed by atoms with Crippen molar-refractivity contribution in [2.75, 3.05) is 45.2 Å². The summed E-state index contributed by atoms with van der Waals surface area (Å²) in [5.74, 6) is -0.767. The first-order valence-corrected chi connectivity index (χ1v) is 13.6. The molecule has 3 heterocycles. The molecule has 4 rings (SSSR count). The van der Waals surface area contributed by atoms with Crippen molar-refractivity contribution in [1.29, 1.82) is 0 Å². The van der Waals surface area contributed by atoms with Crippen LogP contribution in [0.25, 0.3) is 0 Å². The molecule has 2 aromatic rings. The lowest BCUT2D eigenvalue weighted by Crippen LogP contribution is -2.57. The number of anilines is 1. The Labute approximate surface area is 231 Å². The van der Waals surface area contributed by atoms with E-state index < -0.39 is 23.2 Å². The molecule has 2 aliphatic rings. The van der Waals surface area contributed by atoms with Crippen LogP contribution in [-0.4, -0.2) is 78.2 Å². The summed E-state index contributed by atoms with van der Waals surface area (Å²) < 4.78 is 41.7. The van der Waals surface area contributed by atoms with Crippen molar-refractivity contribution in [3.8, 4) is 0 Å². The molecule has 11 heteroatoms. The summed E-state index contributed by atoms with van der Waals surface area (Å²) in [5.41, 5.74) is -2.92. The molecule has 0 aliphatic carbocycles. The monoisotopic (exact) mass is 566 g/mol. The van der Waals surface area contributed by atoms with Gasteiger partial charge in [-0.1, -0.05) is 41.9 Å². The topological polar surface area (TPSA) is 77.0 Å². The van der Waals surface area contributed by atoms with Gasteiger partial charge >= 0.3 is 6.18 Å². The van der Waals surface area contributed by atoms with Crippen LogP contribution < -0.4 is 4.90 Å². The Morgan fingerprint density at radius 3 is 2.10 bits per heavy atom. The summed E-state index contributed by atoms with van der Waals surface area (Å²) in [4.78, 5) is 34.2. The van der Waals surface area contributed by atoms with Crippen molar-refractivity contribution < 1.29 is 27.9 Å². The molecule has 2 amide bonds. The number of aliphatic hydroxyl groups is 1. The highest BCUT2D eigenvalue weighted by Crippen LogP contribution is 2.41. The second kappa shape index (κ2) is 11.7. The summed E-state index contributed by atoms with van der Waals surface area (Å²) >= 11 is 6.32. The largest absolute Gasteiger partial charge is 0.430 e. The fraction of sp³-hybridized carbons (Fsp3) is 0.536. The maximum atomic E-state index is 13.9. The van der Waals surface area contributed by atoms with Crippen molar-refractivity contribution in [3.63, 3.8) is 0 Å². The summed E-state index contributed by atoms with van der Waals surface area (Å²) in [5, 5.41) is 10.9. The van der Waals surface area contributed by atoms with E-state index >= 15 is 0 Å². The van der Waals surface area contributed by atoms with Crippen LogP contribution in [-0.2, 0) is 10.4 Å². The lowest BCUT2D eigenvalue weighted by atomic mass is 9.82. The van der Waals surface area contributed by atoms with Gasteiger partial charge in [0.2, 0.25) is 0 Å². The molecular formula is C28H34ClF3N4O3. The van der Waals surface area contributed by atoms with E-state index in [-0.39, 0.29) is 24.7 Å². The molecule has 2 aliphatic heterocycles. The Morgan fingerprint density at radius 1 is 1.03 bits per heavy atom. The number of hydrogen-bond acceptors (Lipinski definition) is 5. The number of aromatic nitrogens is 1. The Hall–Kier alpha value is -2.85. The molecule has 212 valence electrons. The molecule has 1 atom stereocenters. The van der Waals surface area contributed by atoms with Gasteiger partial charge in [0.05, 0.1) is 16.9 Å². The Morgan fingerprint density at radius 2 is 1.59 bits per heavy atom. The summed E-state index contributed by atoms with van der Waals surface area (Å²) in [7, 11) is 3.29. The van der Waals surface area contributed by atoms with E-state index in [0.29, 0.717) is 29.7 Å². The molecule has 0 bridgehead atoms. The number of nitrogens with zero attached hydrogens (tertiary/aromatic N) is 4. The van der Waals surface area contributed by atoms with Crippen molar-refractivity contribution in [3.05, 3.63) is 58.9 Å². The van der Waals surface area contributed by atoms with Gasteiger partial charge in [-0.25, -0.2) is 4.98 Å². The van der Waals surface area contributed by atoms with Gasteiger partial charge in [-0.3, -0.25) is 9.59 Å². The first kappa shape index (κ1) is 29.1. The number of pyridine rings is 1. The van der Waals surface area contributed by atoms with Crippen LogP contribution in [0.1, 0.15) is 48.2 Å². The average molecular weight is 567 g/mol. The van der Waals surface area contributed by atoms with E-state index in [0.717, 1.165) is 55.1 Å². The fourth-order valence-electron chi connectivity index (χ4n) is 5.56. The third kappa shape index (κ3) is 6.17.